The van der Waals surface area contributed by atoms with Gasteiger partial charge in [-0.2, -0.15) is 5.10 Å². The molecule has 3 rings (SSSR count). The number of rotatable bonds is 3. The number of hydrogen-bond donors (Lipinski definition) is 2. The van der Waals surface area contributed by atoms with Crippen molar-refractivity contribution < 1.29 is 14.8 Å². The molecule has 8 nitrogen and oxygen atoms in total. The maximum Gasteiger partial charge on any atom is 0.273 e. The molecule has 1 aromatic heterocycles. The van der Waals surface area contributed by atoms with Crippen LogP contribution in [0.4, 0.5) is 5.69 Å². The summed E-state index contributed by atoms with van der Waals surface area (Å²) in [5.74, 6) is -0.327. The van der Waals surface area contributed by atoms with E-state index >= 15 is 0 Å². The predicted molar refractivity (Wildman–Crippen MR) is 81.2 cm³/mol. The Morgan fingerprint density at radius 3 is 2.65 bits per heavy atom. The molecule has 1 aliphatic heterocycles. The average Bonchev–Trinajstić information content (AvgIpc) is 3.08. The zero-order valence-corrected chi connectivity index (χ0v) is 12.3. The van der Waals surface area contributed by atoms with Gasteiger partial charge in [0.15, 0.2) is 0 Å². The number of carbonyl (C=O) groups is 1. The van der Waals surface area contributed by atoms with E-state index in [1.165, 1.54) is 12.1 Å². The Morgan fingerprint density at radius 2 is 2.09 bits per heavy atom. The molecule has 1 amide bonds. The number of non-ortho nitro benzene ring substituents is 1. The van der Waals surface area contributed by atoms with Crippen LogP contribution in [0.15, 0.2) is 30.5 Å². The number of aromatic hydroxyl groups is 1. The first kappa shape index (κ1) is 15.0. The smallest absolute Gasteiger partial charge is 0.273 e. The van der Waals surface area contributed by atoms with Gasteiger partial charge in [0.05, 0.1) is 16.6 Å². The number of H-pyrrole nitrogens is 1. The van der Waals surface area contributed by atoms with Crippen LogP contribution in [0.1, 0.15) is 34.8 Å². The van der Waals surface area contributed by atoms with Crippen LogP contribution in [-0.4, -0.2) is 44.1 Å². The number of piperidine rings is 1. The molecule has 1 saturated heterocycles. The first-order valence-corrected chi connectivity index (χ1v) is 7.32. The number of nitro benzene ring substituents is 1. The van der Waals surface area contributed by atoms with Crippen LogP contribution in [0.25, 0.3) is 0 Å². The van der Waals surface area contributed by atoms with E-state index in [2.05, 4.69) is 10.2 Å². The molecule has 1 aromatic carbocycles. The highest BCUT2D eigenvalue weighted by Gasteiger charge is 2.27. The van der Waals surface area contributed by atoms with Crippen molar-refractivity contribution in [2.45, 2.75) is 18.8 Å². The summed E-state index contributed by atoms with van der Waals surface area (Å²) in [6.45, 7) is 1.14. The quantitative estimate of drug-likeness (QED) is 0.664. The third-order valence-electron chi connectivity index (χ3n) is 4.17. The number of nitrogens with one attached hydrogen (secondary N) is 1. The summed E-state index contributed by atoms with van der Waals surface area (Å²) in [6, 6.07) is 5.47. The van der Waals surface area contributed by atoms with Gasteiger partial charge in [0, 0.05) is 37.0 Å². The molecule has 23 heavy (non-hydrogen) atoms. The van der Waals surface area contributed by atoms with E-state index in [0.29, 0.717) is 19.0 Å². The molecule has 2 heterocycles. The second-order valence-electron chi connectivity index (χ2n) is 5.54. The third-order valence-corrected chi connectivity index (χ3v) is 4.17. The number of carbonyl (C=O) groups excluding carboxylic acids is 1. The minimum Gasteiger partial charge on any atom is -0.507 e. The number of benzene rings is 1. The van der Waals surface area contributed by atoms with Crippen LogP contribution in [0.5, 0.6) is 5.75 Å². The van der Waals surface area contributed by atoms with E-state index in [1.807, 2.05) is 6.07 Å². The minimum atomic E-state index is -0.607. The number of phenols is 1. The van der Waals surface area contributed by atoms with Gasteiger partial charge >= 0.3 is 0 Å². The van der Waals surface area contributed by atoms with Gasteiger partial charge in [0.2, 0.25) is 0 Å². The van der Waals surface area contributed by atoms with Gasteiger partial charge in [0.25, 0.3) is 11.6 Å². The molecule has 0 atom stereocenters. The fourth-order valence-electron chi connectivity index (χ4n) is 2.87. The largest absolute Gasteiger partial charge is 0.507 e. The first-order chi connectivity index (χ1) is 11.1. The molecule has 0 unspecified atom stereocenters. The molecule has 0 radical (unpaired) electrons. The van der Waals surface area contributed by atoms with Crippen molar-refractivity contribution in [1.82, 2.24) is 15.1 Å². The van der Waals surface area contributed by atoms with Crippen LogP contribution in [0, 0.1) is 10.1 Å². The number of aromatic amines is 1. The number of amides is 1. The van der Waals surface area contributed by atoms with Crippen LogP contribution >= 0.6 is 0 Å². The maximum atomic E-state index is 12.5. The maximum absolute atomic E-state index is 12.5. The van der Waals surface area contributed by atoms with Crippen molar-refractivity contribution in [2.24, 2.45) is 0 Å². The summed E-state index contributed by atoms with van der Waals surface area (Å²) in [7, 11) is 0. The fourth-order valence-corrected chi connectivity index (χ4v) is 2.87. The second-order valence-corrected chi connectivity index (χ2v) is 5.54. The lowest BCUT2D eigenvalue weighted by Gasteiger charge is -2.31. The van der Waals surface area contributed by atoms with Crippen molar-refractivity contribution in [3.63, 3.8) is 0 Å². The van der Waals surface area contributed by atoms with E-state index in [0.717, 1.165) is 24.6 Å². The van der Waals surface area contributed by atoms with Gasteiger partial charge in [-0.3, -0.25) is 20.0 Å². The molecule has 0 aliphatic carbocycles. The first-order valence-electron chi connectivity index (χ1n) is 7.32. The lowest BCUT2D eigenvalue weighted by Crippen LogP contribution is -2.38. The number of aromatic nitrogens is 2. The van der Waals surface area contributed by atoms with E-state index < -0.39 is 4.92 Å². The van der Waals surface area contributed by atoms with E-state index in [1.54, 1.807) is 11.1 Å². The van der Waals surface area contributed by atoms with Crippen LogP contribution < -0.4 is 0 Å². The molecule has 2 N–H and O–H groups in total. The van der Waals surface area contributed by atoms with E-state index in [9.17, 15) is 20.0 Å². The highest BCUT2D eigenvalue weighted by Crippen LogP contribution is 2.29. The molecule has 0 saturated carbocycles. The number of nitro groups is 1. The number of hydrogen-bond acceptors (Lipinski definition) is 5. The van der Waals surface area contributed by atoms with Crippen LogP contribution in [0.3, 0.4) is 0 Å². The Bertz CT molecular complexity index is 721. The average molecular weight is 316 g/mol. The zero-order valence-electron chi connectivity index (χ0n) is 12.3. The van der Waals surface area contributed by atoms with Gasteiger partial charge in [0.1, 0.15) is 5.75 Å². The standard InChI is InChI=1S/C15H16N4O4/c20-14-9-11(19(22)23)1-2-12(14)15(21)18-7-4-10(5-8-18)13-3-6-16-17-13/h1-3,6,9-10,20H,4-5,7-8H2,(H,16,17). The second kappa shape index (κ2) is 6.07. The Labute approximate surface area is 131 Å². The summed E-state index contributed by atoms with van der Waals surface area (Å²) in [5.41, 5.74) is 0.919. The van der Waals surface area contributed by atoms with Gasteiger partial charge in [-0.05, 0) is 25.0 Å². The Balaban J connectivity index is 1.69. The van der Waals surface area contributed by atoms with Crippen LogP contribution in [0.2, 0.25) is 0 Å². The van der Waals surface area contributed by atoms with E-state index in [4.69, 9.17) is 0 Å². The molecule has 2 aromatic rings. The van der Waals surface area contributed by atoms with Gasteiger partial charge in [-0.1, -0.05) is 0 Å². The van der Waals surface area contributed by atoms with Gasteiger partial charge in [-0.25, -0.2) is 0 Å². The van der Waals surface area contributed by atoms with E-state index in [-0.39, 0.29) is 22.9 Å². The molecular formula is C15H16N4O4. The zero-order chi connectivity index (χ0) is 16.4. The highest BCUT2D eigenvalue weighted by molar-refractivity contribution is 5.97. The SMILES string of the molecule is O=C(c1ccc([N+](=O)[O-])cc1O)N1CCC(c2ccn[nH]2)CC1. The molecule has 120 valence electrons. The highest BCUT2D eigenvalue weighted by atomic mass is 16.6. The Kier molecular flexibility index (Phi) is 3.96. The molecular weight excluding hydrogens is 300 g/mol. The van der Waals surface area contributed by atoms with Crippen molar-refractivity contribution >= 4 is 11.6 Å². The summed E-state index contributed by atoms with van der Waals surface area (Å²) in [6.07, 6.45) is 3.32. The molecule has 0 spiro atoms. The normalized spacial score (nSPS) is 15.6. The Hall–Kier alpha value is -2.90. The van der Waals surface area contributed by atoms with Crippen molar-refractivity contribution in [2.75, 3.05) is 13.1 Å². The lowest BCUT2D eigenvalue weighted by atomic mass is 9.93. The number of phenolic OH excluding ortho intramolecular Hbond substituents is 1. The predicted octanol–water partition coefficient (Wildman–Crippen LogP) is 2.04. The molecule has 8 heteroatoms. The lowest BCUT2D eigenvalue weighted by molar-refractivity contribution is -0.384. The topological polar surface area (TPSA) is 112 Å². The van der Waals surface area contributed by atoms with Crippen molar-refractivity contribution in [3.05, 3.63) is 51.8 Å². The van der Waals surface area contributed by atoms with Gasteiger partial charge < -0.3 is 10.0 Å². The monoisotopic (exact) mass is 316 g/mol. The fraction of sp³-hybridized carbons (Fsp3) is 0.333. The number of likely N-dealkylation sites (tertiary alicyclic amines) is 1. The summed E-state index contributed by atoms with van der Waals surface area (Å²) in [5, 5.41) is 27.4. The molecule has 1 aliphatic rings. The summed E-state index contributed by atoms with van der Waals surface area (Å²) >= 11 is 0. The van der Waals surface area contributed by atoms with Crippen molar-refractivity contribution in [3.8, 4) is 5.75 Å². The summed E-state index contributed by atoms with van der Waals surface area (Å²) < 4.78 is 0. The summed E-state index contributed by atoms with van der Waals surface area (Å²) in [4.78, 5) is 24.2. The van der Waals surface area contributed by atoms with Crippen LogP contribution in [-0.2, 0) is 0 Å². The molecule has 0 bridgehead atoms. The molecule has 1 fully saturated rings. The van der Waals surface area contributed by atoms with Crippen molar-refractivity contribution in [1.29, 1.82) is 0 Å². The Morgan fingerprint density at radius 1 is 1.35 bits per heavy atom. The minimum absolute atomic E-state index is 0.0931. The third kappa shape index (κ3) is 3.01. The number of nitrogens with zero attached hydrogens (tertiary/aromatic N) is 3. The van der Waals surface area contributed by atoms with Gasteiger partial charge in [-0.15, -0.1) is 0 Å².